The van der Waals surface area contributed by atoms with Gasteiger partial charge in [0.1, 0.15) is 5.60 Å². The van der Waals surface area contributed by atoms with E-state index in [-0.39, 0.29) is 0 Å². The Labute approximate surface area is 340 Å². The predicted octanol–water partition coefficient (Wildman–Crippen LogP) is 5.63. The van der Waals surface area contributed by atoms with Gasteiger partial charge in [0.15, 0.2) is 0 Å². The van der Waals surface area contributed by atoms with Crippen LogP contribution < -0.4 is 5.32 Å². The van der Waals surface area contributed by atoms with Crippen molar-refractivity contribution < 1.29 is 66.4 Å². The lowest BCUT2D eigenvalue weighted by Crippen LogP contribution is -2.34. The maximum absolute atomic E-state index is 11.5. The lowest BCUT2D eigenvalue weighted by atomic mass is 10.1. The minimum atomic E-state index is -0.512. The molecule has 0 fully saturated rings. The summed E-state index contributed by atoms with van der Waals surface area (Å²) in [5.74, 6) is 0. The van der Waals surface area contributed by atoms with E-state index in [1.54, 1.807) is 0 Å². The van der Waals surface area contributed by atoms with Crippen LogP contribution in [0, 0.1) is 0 Å². The number of hydrogen-bond acceptors (Lipinski definition) is 14. The fourth-order valence-corrected chi connectivity index (χ4v) is 4.75. The summed E-state index contributed by atoms with van der Waals surface area (Å²) in [7, 11) is 0. The van der Waals surface area contributed by atoms with Crippen LogP contribution in [0.2, 0.25) is 0 Å². The van der Waals surface area contributed by atoms with Crippen molar-refractivity contribution in [1.82, 2.24) is 5.32 Å². The van der Waals surface area contributed by atoms with Crippen molar-refractivity contribution in [2.75, 3.05) is 165 Å². The van der Waals surface area contributed by atoms with Crippen LogP contribution in [-0.2, 0) is 61.6 Å². The topological polar surface area (TPSA) is 149 Å². The zero-order valence-electron chi connectivity index (χ0n) is 36.0. The standard InChI is InChI=1S/C41H83NO14/c1-5-6-7-8-9-10-11-12-13-14-16-44-18-20-46-22-24-48-26-28-50-30-32-52-34-36-54-38-39-55-37-35-53-33-31-51-29-27-49-25-23-47-21-19-45-17-15-42-40(43)56-41(2,3)4/h5-39H2,1-4H3,(H,42,43). The van der Waals surface area contributed by atoms with Gasteiger partial charge in [0.25, 0.3) is 0 Å². The first-order valence-corrected chi connectivity index (χ1v) is 21.4. The fourth-order valence-electron chi connectivity index (χ4n) is 4.75. The van der Waals surface area contributed by atoms with Gasteiger partial charge in [-0.1, -0.05) is 64.7 Å². The monoisotopic (exact) mass is 814 g/mol. The van der Waals surface area contributed by atoms with Gasteiger partial charge in [0.2, 0.25) is 0 Å². The molecule has 0 aromatic carbocycles. The van der Waals surface area contributed by atoms with E-state index in [1.165, 1.54) is 57.8 Å². The number of amides is 1. The van der Waals surface area contributed by atoms with Crippen LogP contribution in [0.25, 0.3) is 0 Å². The average molecular weight is 814 g/mol. The van der Waals surface area contributed by atoms with E-state index in [9.17, 15) is 4.79 Å². The summed E-state index contributed by atoms with van der Waals surface area (Å²) in [6, 6.07) is 0. The quantitative estimate of drug-likeness (QED) is 0.0757. The van der Waals surface area contributed by atoms with Gasteiger partial charge < -0.3 is 66.9 Å². The molecule has 0 aromatic heterocycles. The highest BCUT2D eigenvalue weighted by Gasteiger charge is 2.15. The second kappa shape index (κ2) is 46.5. The summed E-state index contributed by atoms with van der Waals surface area (Å²) < 4.78 is 71.2. The highest BCUT2D eigenvalue weighted by Crippen LogP contribution is 2.10. The maximum Gasteiger partial charge on any atom is 0.407 e. The Morgan fingerprint density at radius 3 is 0.839 bits per heavy atom. The van der Waals surface area contributed by atoms with Gasteiger partial charge in [-0.15, -0.1) is 0 Å². The van der Waals surface area contributed by atoms with Crippen LogP contribution in [0.5, 0.6) is 0 Å². The zero-order chi connectivity index (χ0) is 40.7. The Hall–Kier alpha value is -1.21. The van der Waals surface area contributed by atoms with Crippen LogP contribution in [0.1, 0.15) is 91.9 Å². The van der Waals surface area contributed by atoms with Crippen molar-refractivity contribution in [2.24, 2.45) is 0 Å². The number of rotatable bonds is 47. The molecular weight excluding hydrogens is 730 g/mol. The lowest BCUT2D eigenvalue weighted by Gasteiger charge is -2.19. The molecule has 0 aliphatic heterocycles. The van der Waals surface area contributed by atoms with Crippen LogP contribution in [0.15, 0.2) is 0 Å². The summed E-state index contributed by atoms with van der Waals surface area (Å²) in [4.78, 5) is 11.5. The van der Waals surface area contributed by atoms with E-state index >= 15 is 0 Å². The number of alkyl carbamates (subject to hydrolysis) is 1. The molecule has 1 N–H and O–H groups in total. The Balaban J connectivity index is 3.09. The van der Waals surface area contributed by atoms with Gasteiger partial charge in [0.05, 0.1) is 152 Å². The van der Waals surface area contributed by atoms with E-state index in [0.717, 1.165) is 13.0 Å². The third-order valence-corrected chi connectivity index (χ3v) is 7.65. The predicted molar refractivity (Wildman–Crippen MR) is 216 cm³/mol. The molecule has 0 bridgehead atoms. The van der Waals surface area contributed by atoms with Crippen LogP contribution in [-0.4, -0.2) is 177 Å². The second-order valence-corrected chi connectivity index (χ2v) is 14.0. The molecule has 0 saturated heterocycles. The van der Waals surface area contributed by atoms with E-state index in [2.05, 4.69) is 12.2 Å². The molecule has 15 heteroatoms. The first kappa shape index (κ1) is 54.8. The molecule has 0 radical (unpaired) electrons. The molecule has 0 rings (SSSR count). The number of unbranched alkanes of at least 4 members (excludes halogenated alkanes) is 9. The summed E-state index contributed by atoms with van der Waals surface area (Å²) in [5.41, 5.74) is -0.512. The van der Waals surface area contributed by atoms with Gasteiger partial charge in [0, 0.05) is 13.2 Å². The molecule has 1 amide bonds. The summed E-state index contributed by atoms with van der Waals surface area (Å²) in [6.07, 6.45) is 12.9. The molecular formula is C41H83NO14. The van der Waals surface area contributed by atoms with Crippen molar-refractivity contribution in [1.29, 1.82) is 0 Å². The smallest absolute Gasteiger partial charge is 0.407 e. The largest absolute Gasteiger partial charge is 0.444 e. The molecule has 0 heterocycles. The van der Waals surface area contributed by atoms with Gasteiger partial charge in [-0.05, 0) is 27.2 Å². The van der Waals surface area contributed by atoms with Gasteiger partial charge >= 0.3 is 6.09 Å². The Kier molecular flexibility index (Phi) is 45.5. The van der Waals surface area contributed by atoms with E-state index in [4.69, 9.17) is 61.6 Å². The molecule has 15 nitrogen and oxygen atoms in total. The van der Waals surface area contributed by atoms with Crippen molar-refractivity contribution in [3.63, 3.8) is 0 Å². The van der Waals surface area contributed by atoms with Crippen molar-refractivity contribution in [3.05, 3.63) is 0 Å². The van der Waals surface area contributed by atoms with Crippen molar-refractivity contribution in [3.8, 4) is 0 Å². The van der Waals surface area contributed by atoms with Crippen molar-refractivity contribution in [2.45, 2.75) is 97.5 Å². The number of ether oxygens (including phenoxy) is 13. The number of carbonyl (C=O) groups excluding carboxylic acids is 1. The Morgan fingerprint density at radius 2 is 0.571 bits per heavy atom. The van der Waals surface area contributed by atoms with Crippen LogP contribution >= 0.6 is 0 Å². The SMILES string of the molecule is CCCCCCCCCCCCOCCOCCOCCOCCOCCOCCOCCOCCOCCOCCOCCOCCNC(=O)OC(C)(C)C. The molecule has 0 aromatic rings. The molecule has 0 atom stereocenters. The molecule has 56 heavy (non-hydrogen) atoms. The Morgan fingerprint density at radius 1 is 0.339 bits per heavy atom. The van der Waals surface area contributed by atoms with Gasteiger partial charge in [-0.2, -0.15) is 0 Å². The molecule has 0 spiro atoms. The molecule has 0 aliphatic carbocycles. The van der Waals surface area contributed by atoms with E-state index in [0.29, 0.717) is 159 Å². The van der Waals surface area contributed by atoms with Crippen LogP contribution in [0.3, 0.4) is 0 Å². The molecule has 0 unspecified atom stereocenters. The second-order valence-electron chi connectivity index (χ2n) is 14.0. The van der Waals surface area contributed by atoms with Crippen molar-refractivity contribution >= 4 is 6.09 Å². The molecule has 0 aliphatic rings. The van der Waals surface area contributed by atoms with Gasteiger partial charge in [-0.25, -0.2) is 4.79 Å². The number of hydrogen-bond donors (Lipinski definition) is 1. The number of carbonyl (C=O) groups is 1. The minimum absolute atomic E-state index is 0.383. The third kappa shape index (κ3) is 50.8. The summed E-state index contributed by atoms with van der Waals surface area (Å²) >= 11 is 0. The first-order chi connectivity index (χ1) is 27.5. The first-order valence-electron chi connectivity index (χ1n) is 21.4. The number of nitrogens with one attached hydrogen (secondary N) is 1. The lowest BCUT2D eigenvalue weighted by molar-refractivity contribution is -0.0283. The van der Waals surface area contributed by atoms with E-state index < -0.39 is 11.7 Å². The summed E-state index contributed by atoms with van der Waals surface area (Å²) in [6.45, 7) is 20.6. The highest BCUT2D eigenvalue weighted by molar-refractivity contribution is 5.67. The normalized spacial score (nSPS) is 11.8. The minimum Gasteiger partial charge on any atom is -0.444 e. The third-order valence-electron chi connectivity index (χ3n) is 7.65. The Bertz CT molecular complexity index is 762. The van der Waals surface area contributed by atoms with Crippen LogP contribution in [0.4, 0.5) is 4.79 Å². The molecule has 0 saturated carbocycles. The fraction of sp³-hybridized carbons (Fsp3) is 0.976. The molecule has 336 valence electrons. The van der Waals surface area contributed by atoms with Gasteiger partial charge in [-0.3, -0.25) is 0 Å². The van der Waals surface area contributed by atoms with E-state index in [1.807, 2.05) is 20.8 Å². The summed E-state index contributed by atoms with van der Waals surface area (Å²) in [5, 5.41) is 2.63. The maximum atomic E-state index is 11.5. The highest BCUT2D eigenvalue weighted by atomic mass is 16.6. The average Bonchev–Trinajstić information content (AvgIpc) is 3.17. The zero-order valence-corrected chi connectivity index (χ0v) is 36.0.